The van der Waals surface area contributed by atoms with Crippen LogP contribution in [0.3, 0.4) is 0 Å². The minimum Gasteiger partial charge on any atom is -0.380 e. The van der Waals surface area contributed by atoms with Crippen molar-refractivity contribution in [2.45, 2.75) is 32.2 Å². The first kappa shape index (κ1) is 14.5. The molecule has 0 aliphatic carbocycles. The van der Waals surface area contributed by atoms with E-state index in [1.165, 1.54) is 0 Å². The maximum atomic E-state index is 11.9. The van der Waals surface area contributed by atoms with Crippen LogP contribution in [0.4, 0.5) is 0 Å². The van der Waals surface area contributed by atoms with Gasteiger partial charge >= 0.3 is 0 Å². The Balaban J connectivity index is 1.40. The van der Waals surface area contributed by atoms with Gasteiger partial charge in [0.15, 0.2) is 5.69 Å². The molecule has 0 bridgehead atoms. The molecule has 2 saturated heterocycles. The third kappa shape index (κ3) is 3.63. The predicted molar refractivity (Wildman–Crippen MR) is 77.1 cm³/mol. The van der Waals surface area contributed by atoms with Gasteiger partial charge in [0, 0.05) is 25.3 Å². The van der Waals surface area contributed by atoms with Gasteiger partial charge < -0.3 is 14.6 Å². The van der Waals surface area contributed by atoms with E-state index in [0.717, 1.165) is 52.1 Å². The number of amides is 1. The lowest BCUT2D eigenvalue weighted by Gasteiger charge is -2.35. The zero-order chi connectivity index (χ0) is 14.7. The number of hydrogen-bond donors (Lipinski definition) is 1. The van der Waals surface area contributed by atoms with Crippen molar-refractivity contribution in [2.24, 2.45) is 5.92 Å². The fourth-order valence-electron chi connectivity index (χ4n) is 3.13. The van der Waals surface area contributed by atoms with E-state index in [4.69, 9.17) is 9.26 Å². The molecule has 6 heteroatoms. The van der Waals surface area contributed by atoms with Crippen LogP contribution in [0.2, 0.25) is 0 Å². The maximum absolute atomic E-state index is 11.9. The van der Waals surface area contributed by atoms with E-state index in [0.29, 0.717) is 23.4 Å². The van der Waals surface area contributed by atoms with Gasteiger partial charge in [-0.25, -0.2) is 0 Å². The highest BCUT2D eigenvalue weighted by Crippen LogP contribution is 2.22. The predicted octanol–water partition coefficient (Wildman–Crippen LogP) is 1.21. The first-order valence-corrected chi connectivity index (χ1v) is 7.75. The quantitative estimate of drug-likeness (QED) is 0.904. The summed E-state index contributed by atoms with van der Waals surface area (Å²) in [4.78, 5) is 14.4. The van der Waals surface area contributed by atoms with Crippen molar-refractivity contribution >= 4 is 5.91 Å². The van der Waals surface area contributed by atoms with E-state index >= 15 is 0 Å². The number of piperidine rings is 1. The van der Waals surface area contributed by atoms with Crippen LogP contribution in [0.1, 0.15) is 35.5 Å². The second kappa shape index (κ2) is 6.58. The number of hydrogen-bond acceptors (Lipinski definition) is 5. The second-order valence-corrected chi connectivity index (χ2v) is 6.03. The molecule has 3 rings (SSSR count). The molecule has 1 aromatic heterocycles. The first-order chi connectivity index (χ1) is 10.2. The molecule has 0 spiro atoms. The molecule has 0 radical (unpaired) electrons. The number of aryl methyl sites for hydroxylation is 1. The average molecular weight is 293 g/mol. The highest BCUT2D eigenvalue weighted by Gasteiger charge is 2.27. The fraction of sp³-hybridized carbons (Fsp3) is 0.733. The van der Waals surface area contributed by atoms with Crippen LogP contribution in [0.15, 0.2) is 10.6 Å². The van der Waals surface area contributed by atoms with Gasteiger partial charge in [0.2, 0.25) is 0 Å². The molecule has 1 amide bonds. The van der Waals surface area contributed by atoms with Crippen LogP contribution in [-0.4, -0.2) is 54.9 Å². The van der Waals surface area contributed by atoms with E-state index in [-0.39, 0.29) is 5.91 Å². The summed E-state index contributed by atoms with van der Waals surface area (Å²) in [7, 11) is 0. The number of likely N-dealkylation sites (tertiary alicyclic amines) is 1. The minimum atomic E-state index is -0.140. The molecule has 6 nitrogen and oxygen atoms in total. The lowest BCUT2D eigenvalue weighted by molar-refractivity contribution is 0.0903. The van der Waals surface area contributed by atoms with Crippen molar-refractivity contribution in [1.82, 2.24) is 15.4 Å². The number of aromatic nitrogens is 1. The van der Waals surface area contributed by atoms with Gasteiger partial charge in [-0.2, -0.15) is 0 Å². The highest BCUT2D eigenvalue weighted by atomic mass is 16.5. The molecular formula is C15H23N3O3. The Labute approximate surface area is 124 Å². The van der Waals surface area contributed by atoms with Crippen molar-refractivity contribution < 1.29 is 14.1 Å². The summed E-state index contributed by atoms with van der Waals surface area (Å²) < 4.78 is 10.4. The molecule has 3 heterocycles. The molecule has 21 heavy (non-hydrogen) atoms. The molecule has 0 aromatic carbocycles. The summed E-state index contributed by atoms with van der Waals surface area (Å²) in [6.07, 6.45) is 3.43. The Bertz CT molecular complexity index is 474. The number of rotatable bonds is 4. The third-order valence-electron chi connectivity index (χ3n) is 4.48. The Morgan fingerprint density at radius 2 is 2.24 bits per heavy atom. The summed E-state index contributed by atoms with van der Waals surface area (Å²) in [6.45, 7) is 6.51. The van der Waals surface area contributed by atoms with E-state index in [1.807, 2.05) is 0 Å². The number of ether oxygens (including phenoxy) is 1. The topological polar surface area (TPSA) is 67.6 Å². The van der Waals surface area contributed by atoms with Gasteiger partial charge in [-0.1, -0.05) is 5.16 Å². The van der Waals surface area contributed by atoms with Gasteiger partial charge in [-0.3, -0.25) is 9.69 Å². The number of nitrogens with one attached hydrogen (secondary N) is 1. The van der Waals surface area contributed by atoms with Crippen molar-refractivity contribution in [1.29, 1.82) is 0 Å². The Morgan fingerprint density at radius 3 is 2.86 bits per heavy atom. The van der Waals surface area contributed by atoms with Crippen LogP contribution < -0.4 is 5.32 Å². The van der Waals surface area contributed by atoms with Gasteiger partial charge in [-0.15, -0.1) is 0 Å². The minimum absolute atomic E-state index is 0.140. The SMILES string of the molecule is Cc1cc(C(=O)NCC2CCN([C@@H]3CCOC3)CC2)no1. The molecule has 1 atom stereocenters. The zero-order valence-electron chi connectivity index (χ0n) is 12.5. The number of carbonyl (C=O) groups is 1. The van der Waals surface area contributed by atoms with Gasteiger partial charge in [0.1, 0.15) is 5.76 Å². The van der Waals surface area contributed by atoms with Crippen molar-refractivity contribution in [3.05, 3.63) is 17.5 Å². The van der Waals surface area contributed by atoms with Crippen LogP contribution >= 0.6 is 0 Å². The lowest BCUT2D eigenvalue weighted by atomic mass is 9.95. The summed E-state index contributed by atoms with van der Waals surface area (Å²) in [5.41, 5.74) is 0.369. The van der Waals surface area contributed by atoms with Crippen LogP contribution in [0.5, 0.6) is 0 Å². The maximum Gasteiger partial charge on any atom is 0.273 e. The Hall–Kier alpha value is -1.40. The van der Waals surface area contributed by atoms with E-state index in [9.17, 15) is 4.79 Å². The molecule has 2 aliphatic rings. The van der Waals surface area contributed by atoms with Crippen LogP contribution in [0.25, 0.3) is 0 Å². The Kier molecular flexibility index (Phi) is 4.55. The summed E-state index contributed by atoms with van der Waals surface area (Å²) in [5.74, 6) is 1.08. The van der Waals surface area contributed by atoms with Crippen molar-refractivity contribution in [3.63, 3.8) is 0 Å². The fourth-order valence-corrected chi connectivity index (χ4v) is 3.13. The highest BCUT2D eigenvalue weighted by molar-refractivity contribution is 5.92. The molecule has 0 unspecified atom stereocenters. The van der Waals surface area contributed by atoms with Crippen LogP contribution in [-0.2, 0) is 4.74 Å². The van der Waals surface area contributed by atoms with Gasteiger partial charge in [0.05, 0.1) is 6.61 Å². The number of carbonyl (C=O) groups excluding carboxylic acids is 1. The Morgan fingerprint density at radius 1 is 1.43 bits per heavy atom. The van der Waals surface area contributed by atoms with Crippen LogP contribution in [0, 0.1) is 12.8 Å². The second-order valence-electron chi connectivity index (χ2n) is 6.03. The van der Waals surface area contributed by atoms with E-state index in [1.54, 1.807) is 13.0 Å². The normalized spacial score (nSPS) is 24.3. The summed E-state index contributed by atoms with van der Waals surface area (Å²) in [6, 6.07) is 2.27. The summed E-state index contributed by atoms with van der Waals surface area (Å²) >= 11 is 0. The zero-order valence-corrected chi connectivity index (χ0v) is 12.5. The van der Waals surface area contributed by atoms with Gasteiger partial charge in [0.25, 0.3) is 5.91 Å². The lowest BCUT2D eigenvalue weighted by Crippen LogP contribution is -2.44. The van der Waals surface area contributed by atoms with Gasteiger partial charge in [-0.05, 0) is 45.2 Å². The van der Waals surface area contributed by atoms with Crippen molar-refractivity contribution in [2.75, 3.05) is 32.8 Å². The monoisotopic (exact) mass is 293 g/mol. The molecule has 0 saturated carbocycles. The van der Waals surface area contributed by atoms with E-state index < -0.39 is 0 Å². The molecule has 2 fully saturated rings. The van der Waals surface area contributed by atoms with Crippen molar-refractivity contribution in [3.8, 4) is 0 Å². The number of nitrogens with zero attached hydrogens (tertiary/aromatic N) is 2. The largest absolute Gasteiger partial charge is 0.380 e. The standard InChI is InChI=1S/C15H23N3O3/c1-11-8-14(17-21-11)15(19)16-9-12-2-5-18(6-3-12)13-4-7-20-10-13/h8,12-13H,2-7,9-10H2,1H3,(H,16,19)/t13-/m1/s1. The molecule has 1 N–H and O–H groups in total. The molecule has 2 aliphatic heterocycles. The smallest absolute Gasteiger partial charge is 0.273 e. The third-order valence-corrected chi connectivity index (χ3v) is 4.48. The molecule has 116 valence electrons. The average Bonchev–Trinajstić information content (AvgIpc) is 3.16. The summed E-state index contributed by atoms with van der Waals surface area (Å²) in [5, 5.41) is 6.70. The van der Waals surface area contributed by atoms with E-state index in [2.05, 4.69) is 15.4 Å². The molecule has 1 aromatic rings. The first-order valence-electron chi connectivity index (χ1n) is 7.75. The molecular weight excluding hydrogens is 270 g/mol.